The van der Waals surface area contributed by atoms with Crippen molar-refractivity contribution in [1.29, 1.82) is 0 Å². The quantitative estimate of drug-likeness (QED) is 0.557. The van der Waals surface area contributed by atoms with E-state index in [1.165, 1.54) is 37.7 Å². The lowest BCUT2D eigenvalue weighted by atomic mass is 9.42. The van der Waals surface area contributed by atoms with E-state index in [-0.39, 0.29) is 10.3 Å². The molecule has 0 saturated heterocycles. The van der Waals surface area contributed by atoms with Crippen LogP contribution in [0.1, 0.15) is 56.6 Å². The molecule has 4 saturated carbocycles. The maximum atomic E-state index is 10.7. The lowest BCUT2D eigenvalue weighted by Gasteiger charge is -2.62. The summed E-state index contributed by atoms with van der Waals surface area (Å²) in [6.07, 6.45) is 11.6. The molecule has 4 aliphatic carbocycles. The molecule has 3 nitrogen and oxygen atoms in total. The molecule has 3 atom stereocenters. The molecule has 0 heterocycles. The van der Waals surface area contributed by atoms with Gasteiger partial charge in [0.25, 0.3) is 0 Å². The van der Waals surface area contributed by atoms with E-state index in [0.29, 0.717) is 5.92 Å². The molecule has 0 radical (unpaired) electrons. The first-order chi connectivity index (χ1) is 11.6. The Morgan fingerprint density at radius 1 is 1.21 bits per heavy atom. The SMILES string of the molecule is CCc1ccccc1C12CC3CC(CC(C3)C1C/C=C/[N+](=O)[O-])C2. The van der Waals surface area contributed by atoms with E-state index in [2.05, 4.69) is 31.2 Å². The molecular weight excluding hydrogens is 298 g/mol. The highest BCUT2D eigenvalue weighted by Crippen LogP contribution is 2.64. The van der Waals surface area contributed by atoms with Crippen molar-refractivity contribution in [3.63, 3.8) is 0 Å². The highest BCUT2D eigenvalue weighted by Gasteiger charge is 2.57. The van der Waals surface area contributed by atoms with Crippen LogP contribution in [0.3, 0.4) is 0 Å². The topological polar surface area (TPSA) is 43.1 Å². The maximum absolute atomic E-state index is 10.7. The summed E-state index contributed by atoms with van der Waals surface area (Å²) in [5.41, 5.74) is 3.32. The van der Waals surface area contributed by atoms with E-state index in [4.69, 9.17) is 0 Å². The Hall–Kier alpha value is -1.64. The Kier molecular flexibility index (Phi) is 3.98. The smallest absolute Gasteiger partial charge is 0.230 e. The van der Waals surface area contributed by atoms with Crippen molar-refractivity contribution in [3.8, 4) is 0 Å². The molecule has 128 valence electrons. The van der Waals surface area contributed by atoms with Gasteiger partial charge in [0.15, 0.2) is 0 Å². The summed E-state index contributed by atoms with van der Waals surface area (Å²) in [7, 11) is 0. The largest absolute Gasteiger partial charge is 0.259 e. The van der Waals surface area contributed by atoms with Gasteiger partial charge in [-0.1, -0.05) is 31.2 Å². The molecule has 0 aromatic heterocycles. The summed E-state index contributed by atoms with van der Waals surface area (Å²) in [5, 5.41) is 10.7. The fourth-order valence-electron chi connectivity index (χ4n) is 6.59. The second-order valence-electron chi connectivity index (χ2n) is 8.29. The molecular formula is C21H27NO2. The first kappa shape index (κ1) is 15.9. The summed E-state index contributed by atoms with van der Waals surface area (Å²) in [6, 6.07) is 9.00. The summed E-state index contributed by atoms with van der Waals surface area (Å²) in [4.78, 5) is 10.4. The van der Waals surface area contributed by atoms with Crippen molar-refractivity contribution >= 4 is 0 Å². The van der Waals surface area contributed by atoms with Crippen molar-refractivity contribution in [2.75, 3.05) is 0 Å². The standard InChI is InChI=1S/C21H27NO2/c1-2-17-6-3-4-7-19(17)21-13-15-10-16(14-21)12-18(11-15)20(21)8-5-9-22(23)24/h3-7,9,15-16,18,20H,2,8,10-14H2,1H3/b9-5+. The zero-order chi connectivity index (χ0) is 16.7. The Balaban J connectivity index is 1.75. The molecule has 24 heavy (non-hydrogen) atoms. The van der Waals surface area contributed by atoms with Gasteiger partial charge in [-0.25, -0.2) is 0 Å². The van der Waals surface area contributed by atoms with Crippen LogP contribution in [0, 0.1) is 33.8 Å². The molecule has 1 aromatic rings. The fraction of sp³-hybridized carbons (Fsp3) is 0.619. The molecule has 5 rings (SSSR count). The van der Waals surface area contributed by atoms with Crippen LogP contribution in [0.2, 0.25) is 0 Å². The van der Waals surface area contributed by atoms with Crippen LogP contribution in [0.5, 0.6) is 0 Å². The lowest BCUT2D eigenvalue weighted by Crippen LogP contribution is -2.55. The van der Waals surface area contributed by atoms with Gasteiger partial charge < -0.3 is 0 Å². The summed E-state index contributed by atoms with van der Waals surface area (Å²) in [6.45, 7) is 2.25. The van der Waals surface area contributed by atoms with Crippen molar-refractivity contribution in [2.45, 2.75) is 57.3 Å². The minimum Gasteiger partial charge on any atom is -0.259 e. The van der Waals surface area contributed by atoms with Gasteiger partial charge in [-0.05, 0) is 91.2 Å². The third kappa shape index (κ3) is 2.49. The number of hydrogen-bond donors (Lipinski definition) is 0. The molecule has 0 aliphatic heterocycles. The average molecular weight is 325 g/mol. The van der Waals surface area contributed by atoms with Crippen LogP contribution >= 0.6 is 0 Å². The minimum atomic E-state index is -0.317. The molecule has 4 fully saturated rings. The maximum Gasteiger partial charge on any atom is 0.230 e. The number of aryl methyl sites for hydroxylation is 1. The second-order valence-corrected chi connectivity index (χ2v) is 8.29. The first-order valence-corrected chi connectivity index (χ1v) is 9.51. The zero-order valence-electron chi connectivity index (χ0n) is 14.5. The number of benzene rings is 1. The van der Waals surface area contributed by atoms with Gasteiger partial charge in [0.1, 0.15) is 0 Å². The van der Waals surface area contributed by atoms with Crippen molar-refractivity contribution in [2.24, 2.45) is 23.7 Å². The Morgan fingerprint density at radius 3 is 2.58 bits per heavy atom. The van der Waals surface area contributed by atoms with Crippen molar-refractivity contribution < 1.29 is 4.92 Å². The van der Waals surface area contributed by atoms with Gasteiger partial charge >= 0.3 is 0 Å². The highest BCUT2D eigenvalue weighted by molar-refractivity contribution is 5.38. The van der Waals surface area contributed by atoms with E-state index in [1.807, 2.05) is 6.08 Å². The number of rotatable bonds is 5. The van der Waals surface area contributed by atoms with E-state index in [9.17, 15) is 10.1 Å². The fourth-order valence-corrected chi connectivity index (χ4v) is 6.59. The Morgan fingerprint density at radius 2 is 1.92 bits per heavy atom. The predicted molar refractivity (Wildman–Crippen MR) is 95.3 cm³/mol. The van der Waals surface area contributed by atoms with Gasteiger partial charge in [-0.15, -0.1) is 0 Å². The third-order valence-corrected chi connectivity index (χ3v) is 7.08. The van der Waals surface area contributed by atoms with Gasteiger partial charge in [0.2, 0.25) is 6.20 Å². The number of allylic oxidation sites excluding steroid dienone is 1. The summed E-state index contributed by atoms with van der Waals surface area (Å²) < 4.78 is 0. The highest BCUT2D eigenvalue weighted by atomic mass is 16.6. The van der Waals surface area contributed by atoms with Crippen LogP contribution in [-0.2, 0) is 11.8 Å². The normalized spacial score (nSPS) is 37.2. The van der Waals surface area contributed by atoms with Crippen molar-refractivity contribution in [1.82, 2.24) is 0 Å². The van der Waals surface area contributed by atoms with Gasteiger partial charge in [0.05, 0.1) is 4.92 Å². The lowest BCUT2D eigenvalue weighted by molar-refractivity contribution is -0.402. The Bertz CT molecular complexity index is 652. The van der Waals surface area contributed by atoms with Crippen LogP contribution in [0.15, 0.2) is 36.5 Å². The molecule has 0 N–H and O–H groups in total. The number of nitrogens with zero attached hydrogens (tertiary/aromatic N) is 1. The molecule has 0 amide bonds. The van der Waals surface area contributed by atoms with Crippen LogP contribution < -0.4 is 0 Å². The number of hydrogen-bond acceptors (Lipinski definition) is 2. The summed E-state index contributed by atoms with van der Waals surface area (Å²) in [5.74, 6) is 3.10. The van der Waals surface area contributed by atoms with Crippen molar-refractivity contribution in [3.05, 3.63) is 57.8 Å². The van der Waals surface area contributed by atoms with Gasteiger partial charge in [-0.2, -0.15) is 0 Å². The van der Waals surface area contributed by atoms with E-state index in [0.717, 1.165) is 36.8 Å². The van der Waals surface area contributed by atoms with E-state index < -0.39 is 0 Å². The molecule has 3 heteroatoms. The van der Waals surface area contributed by atoms with Crippen LogP contribution in [0.25, 0.3) is 0 Å². The van der Waals surface area contributed by atoms with E-state index >= 15 is 0 Å². The van der Waals surface area contributed by atoms with Crippen LogP contribution in [-0.4, -0.2) is 4.92 Å². The van der Waals surface area contributed by atoms with Gasteiger partial charge in [-0.3, -0.25) is 10.1 Å². The predicted octanol–water partition coefficient (Wildman–Crippen LogP) is 5.12. The zero-order valence-corrected chi connectivity index (χ0v) is 14.5. The Labute approximate surface area is 144 Å². The third-order valence-electron chi connectivity index (χ3n) is 7.08. The monoisotopic (exact) mass is 325 g/mol. The van der Waals surface area contributed by atoms with E-state index in [1.54, 1.807) is 5.56 Å². The molecule has 4 bridgehead atoms. The van der Waals surface area contributed by atoms with Crippen LogP contribution in [0.4, 0.5) is 0 Å². The second kappa shape index (κ2) is 6.02. The minimum absolute atomic E-state index is 0.266. The summed E-state index contributed by atoms with van der Waals surface area (Å²) >= 11 is 0. The average Bonchev–Trinajstić information content (AvgIpc) is 2.56. The molecule has 4 aliphatic rings. The first-order valence-electron chi connectivity index (χ1n) is 9.51. The molecule has 0 spiro atoms. The molecule has 3 unspecified atom stereocenters. The van der Waals surface area contributed by atoms with Gasteiger partial charge in [0, 0.05) is 0 Å². The molecule has 1 aromatic carbocycles. The number of nitro groups is 1.